The van der Waals surface area contributed by atoms with E-state index in [0.29, 0.717) is 46.2 Å². The molecule has 1 heterocycles. The Balaban J connectivity index is 1.84. The summed E-state index contributed by atoms with van der Waals surface area (Å²) >= 11 is 0. The number of imide groups is 1. The summed E-state index contributed by atoms with van der Waals surface area (Å²) in [5.74, 6) is -0.611. The Morgan fingerprint density at radius 2 is 1.50 bits per heavy atom. The Kier molecular flexibility index (Phi) is 13.8. The van der Waals surface area contributed by atoms with E-state index in [2.05, 4.69) is 16.9 Å². The zero-order valence-corrected chi connectivity index (χ0v) is 16.5. The first-order valence-corrected chi connectivity index (χ1v) is 9.57. The summed E-state index contributed by atoms with van der Waals surface area (Å²) in [5.41, 5.74) is 8.52. The van der Waals surface area contributed by atoms with Crippen molar-refractivity contribution >= 4 is 11.8 Å². The molecule has 2 amide bonds. The minimum atomic E-state index is -0.305. The van der Waals surface area contributed by atoms with Crippen molar-refractivity contribution in [3.8, 4) is 0 Å². The van der Waals surface area contributed by atoms with Gasteiger partial charge in [-0.2, -0.15) is 0 Å². The Hall–Kier alpha value is -1.97. The molecule has 0 spiro atoms. The SMILES string of the molecule is CCCCC(COCCOCCOCCOCCN1C(=O)C=CC1=O)N=[N+]=[N-]. The lowest BCUT2D eigenvalue weighted by Gasteiger charge is -2.13. The van der Waals surface area contributed by atoms with Crippen LogP contribution < -0.4 is 0 Å². The molecule has 1 rings (SSSR count). The van der Waals surface area contributed by atoms with Gasteiger partial charge in [0, 0.05) is 17.1 Å². The van der Waals surface area contributed by atoms with Crippen LogP contribution >= 0.6 is 0 Å². The molecule has 0 radical (unpaired) electrons. The second kappa shape index (κ2) is 16.0. The Bertz CT molecular complexity index is 518. The van der Waals surface area contributed by atoms with Gasteiger partial charge in [-0.3, -0.25) is 14.5 Å². The molecule has 0 aromatic heterocycles. The molecular formula is C18H30N4O6. The lowest BCUT2D eigenvalue weighted by molar-refractivity contribution is -0.137. The molecule has 1 unspecified atom stereocenters. The lowest BCUT2D eigenvalue weighted by Crippen LogP contribution is -2.33. The molecule has 0 N–H and O–H groups in total. The van der Waals surface area contributed by atoms with Crippen molar-refractivity contribution < 1.29 is 28.5 Å². The van der Waals surface area contributed by atoms with Crippen LogP contribution in [0.4, 0.5) is 0 Å². The second-order valence-electron chi connectivity index (χ2n) is 6.07. The average Bonchev–Trinajstić information content (AvgIpc) is 3.01. The predicted octanol–water partition coefficient (Wildman–Crippen LogP) is 1.85. The van der Waals surface area contributed by atoms with E-state index in [1.54, 1.807) is 0 Å². The number of unbranched alkanes of at least 4 members (excludes halogenated alkanes) is 1. The molecule has 1 aliphatic rings. The maximum Gasteiger partial charge on any atom is 0.253 e. The molecule has 0 fully saturated rings. The van der Waals surface area contributed by atoms with Crippen molar-refractivity contribution in [1.82, 2.24) is 4.90 Å². The van der Waals surface area contributed by atoms with Gasteiger partial charge in [0.25, 0.3) is 11.8 Å². The van der Waals surface area contributed by atoms with Crippen molar-refractivity contribution in [1.29, 1.82) is 0 Å². The van der Waals surface area contributed by atoms with Crippen LogP contribution in [0.3, 0.4) is 0 Å². The Labute approximate surface area is 165 Å². The van der Waals surface area contributed by atoms with Gasteiger partial charge in [-0.25, -0.2) is 0 Å². The highest BCUT2D eigenvalue weighted by Gasteiger charge is 2.22. The zero-order chi connectivity index (χ0) is 20.5. The number of nitrogens with zero attached hydrogens (tertiary/aromatic N) is 4. The van der Waals surface area contributed by atoms with Gasteiger partial charge >= 0.3 is 0 Å². The molecule has 0 aliphatic carbocycles. The smallest absolute Gasteiger partial charge is 0.253 e. The summed E-state index contributed by atoms with van der Waals surface area (Å²) in [7, 11) is 0. The van der Waals surface area contributed by atoms with Gasteiger partial charge in [-0.05, 0) is 12.0 Å². The third-order valence-electron chi connectivity index (χ3n) is 3.89. The van der Waals surface area contributed by atoms with Gasteiger partial charge in [-0.15, -0.1) is 0 Å². The molecule has 1 atom stereocenters. The van der Waals surface area contributed by atoms with Gasteiger partial charge in [0.15, 0.2) is 0 Å². The van der Waals surface area contributed by atoms with E-state index in [1.807, 2.05) is 0 Å². The maximum absolute atomic E-state index is 11.3. The van der Waals surface area contributed by atoms with Crippen LogP contribution in [0.2, 0.25) is 0 Å². The maximum atomic E-state index is 11.3. The molecule has 10 nitrogen and oxygen atoms in total. The van der Waals surface area contributed by atoms with Crippen LogP contribution in [0, 0.1) is 0 Å². The highest BCUT2D eigenvalue weighted by atomic mass is 16.6. The molecule has 28 heavy (non-hydrogen) atoms. The molecule has 0 saturated heterocycles. The quantitative estimate of drug-likeness (QED) is 0.114. The van der Waals surface area contributed by atoms with Crippen LogP contribution in [0.1, 0.15) is 26.2 Å². The number of hydrogen-bond acceptors (Lipinski definition) is 7. The number of carbonyl (C=O) groups excluding carboxylic acids is 2. The van der Waals surface area contributed by atoms with Crippen LogP contribution in [-0.2, 0) is 28.5 Å². The molecule has 0 saturated carbocycles. The summed E-state index contributed by atoms with van der Waals surface area (Å²) in [6.07, 6.45) is 5.40. The third-order valence-corrected chi connectivity index (χ3v) is 3.89. The summed E-state index contributed by atoms with van der Waals surface area (Å²) in [4.78, 5) is 26.6. The topological polar surface area (TPSA) is 123 Å². The highest BCUT2D eigenvalue weighted by Crippen LogP contribution is 2.05. The number of hydrogen-bond donors (Lipinski definition) is 0. The first-order chi connectivity index (χ1) is 13.7. The molecule has 1 aliphatic heterocycles. The number of azide groups is 1. The first kappa shape index (κ1) is 24.1. The van der Waals surface area contributed by atoms with Crippen LogP contribution in [0.15, 0.2) is 17.3 Å². The zero-order valence-electron chi connectivity index (χ0n) is 16.5. The first-order valence-electron chi connectivity index (χ1n) is 9.57. The van der Waals surface area contributed by atoms with E-state index in [4.69, 9.17) is 24.5 Å². The van der Waals surface area contributed by atoms with E-state index in [1.165, 1.54) is 12.2 Å². The average molecular weight is 398 g/mol. The summed E-state index contributed by atoms with van der Waals surface area (Å²) in [5, 5.41) is 3.72. The third kappa shape index (κ3) is 11.0. The van der Waals surface area contributed by atoms with Crippen LogP contribution in [0.5, 0.6) is 0 Å². The van der Waals surface area contributed by atoms with Gasteiger partial charge in [0.1, 0.15) is 0 Å². The number of carbonyl (C=O) groups is 2. The van der Waals surface area contributed by atoms with Gasteiger partial charge < -0.3 is 18.9 Å². The van der Waals surface area contributed by atoms with Gasteiger partial charge in [0.05, 0.1) is 65.4 Å². The number of amides is 2. The molecule has 158 valence electrons. The molecule has 0 aromatic rings. The van der Waals surface area contributed by atoms with Crippen LogP contribution in [-0.4, -0.2) is 82.2 Å². The van der Waals surface area contributed by atoms with Crippen LogP contribution in [0.25, 0.3) is 10.4 Å². The fourth-order valence-corrected chi connectivity index (χ4v) is 2.37. The van der Waals surface area contributed by atoms with E-state index in [-0.39, 0.29) is 31.0 Å². The monoisotopic (exact) mass is 398 g/mol. The predicted molar refractivity (Wildman–Crippen MR) is 102 cm³/mol. The van der Waals surface area contributed by atoms with Crippen molar-refractivity contribution in [2.45, 2.75) is 32.2 Å². The summed E-state index contributed by atoms with van der Waals surface area (Å²) in [6.45, 7) is 5.58. The van der Waals surface area contributed by atoms with Crippen molar-refractivity contribution in [3.63, 3.8) is 0 Å². The fraction of sp³-hybridized carbons (Fsp3) is 0.778. The largest absolute Gasteiger partial charge is 0.379 e. The van der Waals surface area contributed by atoms with E-state index >= 15 is 0 Å². The Morgan fingerprint density at radius 1 is 0.964 bits per heavy atom. The standard InChI is InChI=1S/C18H30N4O6/c1-2-3-4-16(20-21-19)15-28-14-13-27-12-11-26-10-9-25-8-7-22-17(23)5-6-18(22)24/h5-6,16H,2-4,7-15H2,1H3. The number of rotatable bonds is 18. The van der Waals surface area contributed by atoms with E-state index < -0.39 is 0 Å². The van der Waals surface area contributed by atoms with Gasteiger partial charge in [-0.1, -0.05) is 24.9 Å². The lowest BCUT2D eigenvalue weighted by atomic mass is 10.1. The minimum Gasteiger partial charge on any atom is -0.379 e. The second-order valence-corrected chi connectivity index (χ2v) is 6.07. The fourth-order valence-electron chi connectivity index (χ4n) is 2.37. The minimum absolute atomic E-state index is 0.119. The molecule has 0 aromatic carbocycles. The summed E-state index contributed by atoms with van der Waals surface area (Å²) < 4.78 is 21.6. The van der Waals surface area contributed by atoms with Crippen molar-refractivity contribution in [3.05, 3.63) is 22.6 Å². The summed E-state index contributed by atoms with van der Waals surface area (Å²) in [6, 6.07) is -0.119. The molecular weight excluding hydrogens is 368 g/mol. The number of ether oxygens (including phenoxy) is 4. The highest BCUT2D eigenvalue weighted by molar-refractivity contribution is 6.12. The Morgan fingerprint density at radius 3 is 2.04 bits per heavy atom. The van der Waals surface area contributed by atoms with Crippen molar-refractivity contribution in [2.24, 2.45) is 5.11 Å². The molecule has 10 heteroatoms. The van der Waals surface area contributed by atoms with E-state index in [9.17, 15) is 9.59 Å². The van der Waals surface area contributed by atoms with E-state index in [0.717, 1.165) is 24.2 Å². The normalized spacial score (nSPS) is 14.5. The van der Waals surface area contributed by atoms with Crippen molar-refractivity contribution in [2.75, 3.05) is 59.4 Å². The molecule has 0 bridgehead atoms. The van der Waals surface area contributed by atoms with Gasteiger partial charge in [0.2, 0.25) is 0 Å².